The van der Waals surface area contributed by atoms with Gasteiger partial charge in [-0.25, -0.2) is 0 Å². The molecule has 0 aliphatic rings. The monoisotopic (exact) mass is 341 g/mol. The van der Waals surface area contributed by atoms with Crippen molar-refractivity contribution in [2.24, 2.45) is 0 Å². The molecule has 0 saturated carbocycles. The lowest BCUT2D eigenvalue weighted by Crippen LogP contribution is -2.23. The van der Waals surface area contributed by atoms with Gasteiger partial charge in [0.25, 0.3) is 0 Å². The Labute approximate surface area is 147 Å². The van der Waals surface area contributed by atoms with Crippen molar-refractivity contribution in [2.45, 2.75) is 13.3 Å². The van der Waals surface area contributed by atoms with E-state index < -0.39 is 0 Å². The van der Waals surface area contributed by atoms with E-state index in [0.717, 1.165) is 11.1 Å². The lowest BCUT2D eigenvalue weighted by atomic mass is 10.1. The van der Waals surface area contributed by atoms with Crippen molar-refractivity contribution < 1.29 is 19.4 Å². The second-order valence-electron chi connectivity index (χ2n) is 5.38. The van der Waals surface area contributed by atoms with Crippen molar-refractivity contribution in [1.82, 2.24) is 5.32 Å². The number of benzene rings is 2. The normalized spacial score (nSPS) is 10.6. The van der Waals surface area contributed by atoms with Crippen LogP contribution in [0, 0.1) is 0 Å². The van der Waals surface area contributed by atoms with Gasteiger partial charge in [-0.1, -0.05) is 18.2 Å². The molecule has 0 fully saturated rings. The first-order valence-electron chi connectivity index (χ1n) is 8.17. The molecule has 0 spiro atoms. The summed E-state index contributed by atoms with van der Waals surface area (Å²) in [6, 6.07) is 12.5. The molecule has 0 aliphatic carbocycles. The Kier molecular flexibility index (Phi) is 6.89. The van der Waals surface area contributed by atoms with Crippen LogP contribution in [-0.4, -0.2) is 31.3 Å². The van der Waals surface area contributed by atoms with Gasteiger partial charge in [0.05, 0.1) is 13.7 Å². The number of hydrogen-bond acceptors (Lipinski definition) is 4. The Balaban J connectivity index is 1.86. The Morgan fingerprint density at radius 2 is 1.92 bits per heavy atom. The van der Waals surface area contributed by atoms with Gasteiger partial charge < -0.3 is 19.9 Å². The Morgan fingerprint density at radius 1 is 1.16 bits per heavy atom. The number of nitrogens with one attached hydrogen (secondary N) is 1. The van der Waals surface area contributed by atoms with Gasteiger partial charge in [0.1, 0.15) is 5.75 Å². The number of rotatable bonds is 8. The first-order chi connectivity index (χ1) is 12.1. The van der Waals surface area contributed by atoms with Crippen molar-refractivity contribution in [2.75, 3.05) is 20.3 Å². The Morgan fingerprint density at radius 3 is 2.60 bits per heavy atom. The largest absolute Gasteiger partial charge is 0.508 e. The van der Waals surface area contributed by atoms with E-state index in [1.165, 1.54) is 6.08 Å². The highest BCUT2D eigenvalue weighted by molar-refractivity contribution is 5.91. The van der Waals surface area contributed by atoms with E-state index in [9.17, 15) is 9.90 Å². The first-order valence-corrected chi connectivity index (χ1v) is 8.17. The van der Waals surface area contributed by atoms with Gasteiger partial charge >= 0.3 is 0 Å². The SMILES string of the molecule is CCOc1ccc(/C=C/C(=O)NCCc2ccc(O)cc2)cc1OC. The summed E-state index contributed by atoms with van der Waals surface area (Å²) in [5, 5.41) is 12.1. The van der Waals surface area contributed by atoms with Crippen LogP contribution in [-0.2, 0) is 11.2 Å². The number of phenolic OH excluding ortho intramolecular Hbond substituents is 1. The summed E-state index contributed by atoms with van der Waals surface area (Å²) >= 11 is 0. The number of carbonyl (C=O) groups is 1. The smallest absolute Gasteiger partial charge is 0.244 e. The standard InChI is InChI=1S/C20H23NO4/c1-3-25-18-10-6-16(14-19(18)24-2)7-11-20(23)21-13-12-15-4-8-17(22)9-5-15/h4-11,14,22H,3,12-13H2,1-2H3,(H,21,23)/b11-7+. The zero-order chi connectivity index (χ0) is 18.1. The van der Waals surface area contributed by atoms with Gasteiger partial charge in [-0.05, 0) is 54.8 Å². The first kappa shape index (κ1) is 18.4. The van der Waals surface area contributed by atoms with E-state index in [4.69, 9.17) is 9.47 Å². The highest BCUT2D eigenvalue weighted by Crippen LogP contribution is 2.28. The zero-order valence-corrected chi connectivity index (χ0v) is 14.5. The molecular formula is C20H23NO4. The molecule has 0 aromatic heterocycles. The van der Waals surface area contributed by atoms with E-state index in [1.807, 2.05) is 37.3 Å². The van der Waals surface area contributed by atoms with Crippen LogP contribution in [0.5, 0.6) is 17.2 Å². The number of phenols is 1. The zero-order valence-electron chi connectivity index (χ0n) is 14.5. The third-order valence-electron chi connectivity index (χ3n) is 3.56. The summed E-state index contributed by atoms with van der Waals surface area (Å²) in [4.78, 5) is 11.9. The van der Waals surface area contributed by atoms with Crippen LogP contribution >= 0.6 is 0 Å². The second kappa shape index (κ2) is 9.37. The van der Waals surface area contributed by atoms with Crippen molar-refractivity contribution in [1.29, 1.82) is 0 Å². The lowest BCUT2D eigenvalue weighted by Gasteiger charge is -2.09. The Bertz CT molecular complexity index is 723. The van der Waals surface area contributed by atoms with Gasteiger partial charge in [0, 0.05) is 12.6 Å². The fourth-order valence-electron chi connectivity index (χ4n) is 2.29. The maximum atomic E-state index is 11.9. The summed E-state index contributed by atoms with van der Waals surface area (Å²) in [7, 11) is 1.58. The van der Waals surface area contributed by atoms with Crippen LogP contribution in [0.25, 0.3) is 6.08 Å². The van der Waals surface area contributed by atoms with Crippen molar-refractivity contribution in [3.63, 3.8) is 0 Å². The van der Waals surface area contributed by atoms with E-state index in [1.54, 1.807) is 25.3 Å². The number of ether oxygens (including phenoxy) is 2. The second-order valence-corrected chi connectivity index (χ2v) is 5.38. The van der Waals surface area contributed by atoms with Gasteiger partial charge in [0.2, 0.25) is 5.91 Å². The summed E-state index contributed by atoms with van der Waals surface area (Å²) < 4.78 is 10.8. The van der Waals surface area contributed by atoms with E-state index in [-0.39, 0.29) is 11.7 Å². The lowest BCUT2D eigenvalue weighted by molar-refractivity contribution is -0.116. The van der Waals surface area contributed by atoms with E-state index in [0.29, 0.717) is 31.1 Å². The summed E-state index contributed by atoms with van der Waals surface area (Å²) in [5.74, 6) is 1.39. The van der Waals surface area contributed by atoms with Gasteiger partial charge in [-0.2, -0.15) is 0 Å². The average molecular weight is 341 g/mol. The molecule has 0 atom stereocenters. The summed E-state index contributed by atoms with van der Waals surface area (Å²) in [6.07, 6.45) is 3.93. The number of hydrogen-bond donors (Lipinski definition) is 2. The van der Waals surface area contributed by atoms with Crippen molar-refractivity contribution in [3.8, 4) is 17.2 Å². The number of carbonyl (C=O) groups excluding carboxylic acids is 1. The van der Waals surface area contributed by atoms with E-state index in [2.05, 4.69) is 5.32 Å². The molecule has 2 aromatic rings. The molecule has 0 bridgehead atoms. The fraction of sp³-hybridized carbons (Fsp3) is 0.250. The molecule has 1 amide bonds. The van der Waals surface area contributed by atoms with Crippen LogP contribution < -0.4 is 14.8 Å². The quantitative estimate of drug-likeness (QED) is 0.724. The topological polar surface area (TPSA) is 67.8 Å². The molecule has 132 valence electrons. The average Bonchev–Trinajstić information content (AvgIpc) is 2.62. The van der Waals surface area contributed by atoms with Crippen LogP contribution in [0.3, 0.4) is 0 Å². The molecule has 5 nitrogen and oxygen atoms in total. The maximum absolute atomic E-state index is 11.9. The van der Waals surface area contributed by atoms with Crippen LogP contribution in [0.4, 0.5) is 0 Å². The van der Waals surface area contributed by atoms with Crippen molar-refractivity contribution in [3.05, 3.63) is 59.7 Å². The van der Waals surface area contributed by atoms with Crippen molar-refractivity contribution >= 4 is 12.0 Å². The van der Waals surface area contributed by atoms with Crippen LogP contribution in [0.15, 0.2) is 48.5 Å². The molecule has 0 unspecified atom stereocenters. The molecule has 0 radical (unpaired) electrons. The number of amides is 1. The molecule has 2 rings (SSSR count). The molecule has 25 heavy (non-hydrogen) atoms. The van der Waals surface area contributed by atoms with Gasteiger partial charge in [-0.15, -0.1) is 0 Å². The summed E-state index contributed by atoms with van der Waals surface area (Å²) in [6.45, 7) is 3.01. The minimum atomic E-state index is -0.161. The Hall–Kier alpha value is -2.95. The minimum absolute atomic E-state index is 0.161. The fourth-order valence-corrected chi connectivity index (χ4v) is 2.29. The number of aromatic hydroxyl groups is 1. The molecule has 5 heteroatoms. The van der Waals surface area contributed by atoms with Gasteiger partial charge in [-0.3, -0.25) is 4.79 Å². The predicted octanol–water partition coefficient (Wildman–Crippen LogP) is 3.17. The highest BCUT2D eigenvalue weighted by atomic mass is 16.5. The third-order valence-corrected chi connectivity index (χ3v) is 3.56. The molecule has 0 heterocycles. The predicted molar refractivity (Wildman–Crippen MR) is 98.0 cm³/mol. The number of methoxy groups -OCH3 is 1. The third kappa shape index (κ3) is 5.88. The van der Waals surface area contributed by atoms with Gasteiger partial charge in [0.15, 0.2) is 11.5 Å². The highest BCUT2D eigenvalue weighted by Gasteiger charge is 2.04. The van der Waals surface area contributed by atoms with Crippen LogP contribution in [0.1, 0.15) is 18.1 Å². The van der Waals surface area contributed by atoms with E-state index >= 15 is 0 Å². The molecule has 0 aliphatic heterocycles. The maximum Gasteiger partial charge on any atom is 0.244 e. The molecule has 2 aromatic carbocycles. The molecular weight excluding hydrogens is 318 g/mol. The molecule has 2 N–H and O–H groups in total. The van der Waals surface area contributed by atoms with Crippen LogP contribution in [0.2, 0.25) is 0 Å². The summed E-state index contributed by atoms with van der Waals surface area (Å²) in [5.41, 5.74) is 1.91. The molecule has 0 saturated heterocycles. The minimum Gasteiger partial charge on any atom is -0.508 e.